The molecule has 2 rings (SSSR count). The summed E-state index contributed by atoms with van der Waals surface area (Å²) in [4.78, 5) is 122. The van der Waals surface area contributed by atoms with Gasteiger partial charge in [-0.25, -0.2) is 4.79 Å². The summed E-state index contributed by atoms with van der Waals surface area (Å²) < 4.78 is 0. The standard InChI is InChI=1S/C42H74N10O12/c1-7-24(5)33(49-35(56)26(44)21-53)40(61)50-34(25(6)8-2)41(62)52-18-12-15-31(52)39(60)48-29(22-54)36(57)45-20-32(55)51-17-11-14-30(51)38(59)47-28(19-23(3)4)37(58)46-27(42(63)64)13-9-10-16-43/h23-31,33-34,53-54H,7-22,43-44H2,1-6H3,(H,45,57)(H,46,58)(H,47,59)(H,48,60)(H,49,56)(H,50,61)(H,63,64). The predicted molar refractivity (Wildman–Crippen MR) is 233 cm³/mol. The van der Waals surface area contributed by atoms with Gasteiger partial charge in [-0.2, -0.15) is 0 Å². The Morgan fingerprint density at radius 3 is 1.73 bits per heavy atom. The van der Waals surface area contributed by atoms with E-state index < -0.39 is 127 Å². The second-order valence-corrected chi connectivity index (χ2v) is 17.3. The van der Waals surface area contributed by atoms with E-state index in [0.717, 1.165) is 0 Å². The van der Waals surface area contributed by atoms with Crippen LogP contribution < -0.4 is 43.4 Å². The van der Waals surface area contributed by atoms with Crippen LogP contribution in [0.25, 0.3) is 0 Å². The summed E-state index contributed by atoms with van der Waals surface area (Å²) in [7, 11) is 0. The maximum atomic E-state index is 14.1. The van der Waals surface area contributed by atoms with Crippen molar-refractivity contribution >= 4 is 53.2 Å². The van der Waals surface area contributed by atoms with E-state index in [-0.39, 0.29) is 50.6 Å². The number of carbonyl (C=O) groups is 9. The second-order valence-electron chi connectivity index (χ2n) is 17.3. The van der Waals surface area contributed by atoms with Gasteiger partial charge in [0.2, 0.25) is 47.3 Å². The lowest BCUT2D eigenvalue weighted by atomic mass is 9.94. The fourth-order valence-electron chi connectivity index (χ4n) is 7.63. The van der Waals surface area contributed by atoms with Gasteiger partial charge in [-0.05, 0) is 75.7 Å². The summed E-state index contributed by atoms with van der Waals surface area (Å²) in [6, 6.07) is -9.27. The van der Waals surface area contributed by atoms with Crippen LogP contribution in [-0.2, 0) is 43.2 Å². The Labute approximate surface area is 375 Å². The number of carbonyl (C=O) groups excluding carboxylic acids is 8. The van der Waals surface area contributed by atoms with E-state index >= 15 is 0 Å². The Morgan fingerprint density at radius 2 is 1.20 bits per heavy atom. The number of aliphatic hydroxyl groups excluding tert-OH is 2. The summed E-state index contributed by atoms with van der Waals surface area (Å²) in [5.74, 6) is -7.57. The van der Waals surface area contributed by atoms with E-state index in [9.17, 15) is 58.5 Å². The molecular weight excluding hydrogens is 837 g/mol. The molecule has 2 aliphatic rings. The van der Waals surface area contributed by atoms with Crippen LogP contribution in [0.2, 0.25) is 0 Å². The number of hydrogen-bond acceptors (Lipinski definition) is 13. The largest absolute Gasteiger partial charge is 0.480 e. The molecule has 22 heteroatoms. The molecule has 0 bridgehead atoms. The van der Waals surface area contributed by atoms with Crippen LogP contribution in [0.1, 0.15) is 106 Å². The molecule has 0 aromatic heterocycles. The molecule has 10 unspecified atom stereocenters. The Morgan fingerprint density at radius 1 is 0.656 bits per heavy atom. The molecule has 8 amide bonds. The van der Waals surface area contributed by atoms with Crippen molar-refractivity contribution in [3.8, 4) is 0 Å². The van der Waals surface area contributed by atoms with Gasteiger partial charge in [-0.1, -0.05) is 54.4 Å². The highest BCUT2D eigenvalue weighted by Crippen LogP contribution is 2.23. The van der Waals surface area contributed by atoms with Gasteiger partial charge in [0.05, 0.1) is 19.8 Å². The van der Waals surface area contributed by atoms with E-state index in [2.05, 4.69) is 31.9 Å². The molecular formula is C42H74N10O12. The Bertz CT molecular complexity index is 1620. The molecule has 13 N–H and O–H groups in total. The zero-order valence-electron chi connectivity index (χ0n) is 38.2. The van der Waals surface area contributed by atoms with Crippen LogP contribution in [0.4, 0.5) is 0 Å². The molecule has 10 atom stereocenters. The first kappa shape index (κ1) is 55.2. The summed E-state index contributed by atoms with van der Waals surface area (Å²) >= 11 is 0. The van der Waals surface area contributed by atoms with Gasteiger partial charge in [0, 0.05) is 13.1 Å². The zero-order chi connectivity index (χ0) is 48.3. The molecule has 22 nitrogen and oxygen atoms in total. The molecule has 0 spiro atoms. The van der Waals surface area contributed by atoms with Crippen LogP contribution >= 0.6 is 0 Å². The van der Waals surface area contributed by atoms with E-state index in [1.54, 1.807) is 13.8 Å². The van der Waals surface area contributed by atoms with Gasteiger partial charge in [-0.3, -0.25) is 38.4 Å². The molecule has 0 aliphatic carbocycles. The highest BCUT2D eigenvalue weighted by atomic mass is 16.4. The highest BCUT2D eigenvalue weighted by molar-refractivity contribution is 5.98. The Balaban J connectivity index is 2.11. The number of amides is 8. The van der Waals surface area contributed by atoms with Crippen LogP contribution in [-0.4, -0.2) is 166 Å². The maximum absolute atomic E-state index is 14.1. The number of unbranched alkanes of at least 4 members (excludes halogenated alkanes) is 1. The van der Waals surface area contributed by atoms with E-state index in [4.69, 9.17) is 11.5 Å². The van der Waals surface area contributed by atoms with Crippen LogP contribution in [0, 0.1) is 17.8 Å². The SMILES string of the molecule is CCC(C)C(NC(=O)C(N)CO)C(=O)NC(C(=O)N1CCCC1C(=O)NC(CO)C(=O)NCC(=O)N1CCCC1C(=O)NC(CC(C)C)C(=O)NC(CCCCN)C(=O)O)C(C)CC. The number of hydrogen-bond donors (Lipinski definition) is 11. The molecule has 64 heavy (non-hydrogen) atoms. The molecule has 0 aromatic carbocycles. The number of carboxylic acid groups (broad SMARTS) is 1. The lowest BCUT2D eigenvalue weighted by molar-refractivity contribution is -0.144. The van der Waals surface area contributed by atoms with Crippen molar-refractivity contribution in [3.63, 3.8) is 0 Å². The normalized spacial score (nSPS) is 19.9. The highest BCUT2D eigenvalue weighted by Gasteiger charge is 2.42. The summed E-state index contributed by atoms with van der Waals surface area (Å²) in [5, 5.41) is 44.5. The van der Waals surface area contributed by atoms with Crippen LogP contribution in [0.5, 0.6) is 0 Å². The fourth-order valence-corrected chi connectivity index (χ4v) is 7.63. The molecule has 2 heterocycles. The number of carboxylic acids is 1. The average molecular weight is 911 g/mol. The van der Waals surface area contributed by atoms with Gasteiger partial charge in [-0.15, -0.1) is 0 Å². The van der Waals surface area contributed by atoms with Crippen molar-refractivity contribution < 1.29 is 58.5 Å². The number of nitrogens with two attached hydrogens (primary N) is 2. The fraction of sp³-hybridized carbons (Fsp3) is 0.786. The van der Waals surface area contributed by atoms with Gasteiger partial charge in [0.15, 0.2) is 0 Å². The molecule has 0 aromatic rings. The van der Waals surface area contributed by atoms with Gasteiger partial charge >= 0.3 is 5.97 Å². The lowest BCUT2D eigenvalue weighted by Crippen LogP contribution is -2.61. The predicted octanol–water partition coefficient (Wildman–Crippen LogP) is -2.83. The van der Waals surface area contributed by atoms with E-state index in [1.807, 2.05) is 27.7 Å². The van der Waals surface area contributed by atoms with E-state index in [0.29, 0.717) is 45.1 Å². The first-order chi connectivity index (χ1) is 30.3. The Hall–Kier alpha value is -4.93. The second kappa shape index (κ2) is 27.4. The minimum atomic E-state index is -1.52. The number of nitrogens with zero attached hydrogens (tertiary/aromatic N) is 2. The summed E-state index contributed by atoms with van der Waals surface area (Å²) in [5.41, 5.74) is 11.2. The monoisotopic (exact) mass is 911 g/mol. The third-order valence-corrected chi connectivity index (χ3v) is 11.9. The summed E-state index contributed by atoms with van der Waals surface area (Å²) in [6.45, 7) is 9.42. The number of aliphatic hydroxyl groups is 2. The topological polar surface area (TPSA) is 345 Å². The average Bonchev–Trinajstić information content (AvgIpc) is 3.97. The van der Waals surface area contributed by atoms with Gasteiger partial charge in [0.1, 0.15) is 48.3 Å². The molecule has 0 saturated carbocycles. The zero-order valence-corrected chi connectivity index (χ0v) is 38.2. The minimum absolute atomic E-state index is 0.0619. The number of nitrogens with one attached hydrogen (secondary N) is 6. The third-order valence-electron chi connectivity index (χ3n) is 11.9. The number of aliphatic carboxylic acids is 1. The molecule has 364 valence electrons. The summed E-state index contributed by atoms with van der Waals surface area (Å²) in [6.07, 6.45) is 3.71. The maximum Gasteiger partial charge on any atom is 0.326 e. The minimum Gasteiger partial charge on any atom is -0.480 e. The first-order valence-electron chi connectivity index (χ1n) is 22.6. The smallest absolute Gasteiger partial charge is 0.326 e. The van der Waals surface area contributed by atoms with Crippen molar-refractivity contribution in [2.45, 2.75) is 154 Å². The Kier molecular flexibility index (Phi) is 23.6. The first-order valence-corrected chi connectivity index (χ1v) is 22.6. The van der Waals surface area contributed by atoms with Crippen molar-refractivity contribution in [1.82, 2.24) is 41.7 Å². The van der Waals surface area contributed by atoms with Crippen LogP contribution in [0.3, 0.4) is 0 Å². The lowest BCUT2D eigenvalue weighted by Gasteiger charge is -2.33. The molecule has 0 radical (unpaired) electrons. The van der Waals surface area contributed by atoms with Crippen molar-refractivity contribution in [2.75, 3.05) is 39.4 Å². The molecule has 2 saturated heterocycles. The molecule has 2 aliphatic heterocycles. The van der Waals surface area contributed by atoms with E-state index in [1.165, 1.54) is 9.80 Å². The van der Waals surface area contributed by atoms with Gasteiger partial charge in [0.25, 0.3) is 0 Å². The third kappa shape index (κ3) is 16.3. The van der Waals surface area contributed by atoms with Crippen molar-refractivity contribution in [3.05, 3.63) is 0 Å². The van der Waals surface area contributed by atoms with Crippen molar-refractivity contribution in [1.29, 1.82) is 0 Å². The quantitative estimate of drug-likeness (QED) is 0.0371. The number of rotatable bonds is 27. The number of likely N-dealkylation sites (tertiary alicyclic amines) is 2. The molecule has 2 fully saturated rings. The van der Waals surface area contributed by atoms with Gasteiger partial charge < -0.3 is 68.5 Å². The van der Waals surface area contributed by atoms with Crippen LogP contribution in [0.15, 0.2) is 0 Å². The van der Waals surface area contributed by atoms with Crippen molar-refractivity contribution in [2.24, 2.45) is 29.2 Å².